The Hall–Kier alpha value is -2.66. The van der Waals surface area contributed by atoms with Crippen molar-refractivity contribution in [3.05, 3.63) is 65.2 Å². The highest BCUT2D eigenvalue weighted by atomic mass is 16.5. The van der Waals surface area contributed by atoms with Gasteiger partial charge in [-0.05, 0) is 36.8 Å². The van der Waals surface area contributed by atoms with Crippen LogP contribution >= 0.6 is 0 Å². The Morgan fingerprint density at radius 1 is 1.00 bits per heavy atom. The molecule has 0 spiro atoms. The lowest BCUT2D eigenvalue weighted by molar-refractivity contribution is -0.120. The second-order valence-electron chi connectivity index (χ2n) is 6.51. The fourth-order valence-corrected chi connectivity index (χ4v) is 2.91. The number of hydrogen-bond donors (Lipinski definition) is 1. The largest absolute Gasteiger partial charge is 0.378 e. The van der Waals surface area contributed by atoms with Crippen LogP contribution in [-0.2, 0) is 16.0 Å². The number of nitrogens with zero attached hydrogens (tertiary/aromatic N) is 1. The summed E-state index contributed by atoms with van der Waals surface area (Å²) in [6, 6.07) is 15.4. The summed E-state index contributed by atoms with van der Waals surface area (Å²) in [4.78, 5) is 26.5. The quantitative estimate of drug-likeness (QED) is 0.811. The third-order valence-electron chi connectivity index (χ3n) is 4.50. The molecule has 2 aromatic carbocycles. The van der Waals surface area contributed by atoms with Gasteiger partial charge in [-0.15, -0.1) is 0 Å². The van der Waals surface area contributed by atoms with Gasteiger partial charge in [-0.1, -0.05) is 29.8 Å². The second kappa shape index (κ2) is 8.63. The van der Waals surface area contributed by atoms with Gasteiger partial charge in [0.25, 0.3) is 0 Å². The number of Topliss-reactive ketones (excluding diaryl/α,β-unsaturated/α-hetero) is 1. The van der Waals surface area contributed by atoms with Gasteiger partial charge in [-0.3, -0.25) is 9.59 Å². The number of ether oxygens (including phenoxy) is 1. The number of hydrogen-bond acceptors (Lipinski definition) is 4. The Kier molecular flexibility index (Phi) is 6.02. The lowest BCUT2D eigenvalue weighted by Crippen LogP contribution is -2.36. The average molecular weight is 352 g/mol. The van der Waals surface area contributed by atoms with E-state index in [-0.39, 0.29) is 24.7 Å². The summed E-state index contributed by atoms with van der Waals surface area (Å²) in [6.45, 7) is 5.21. The van der Waals surface area contributed by atoms with Crippen molar-refractivity contribution in [2.75, 3.05) is 37.7 Å². The van der Waals surface area contributed by atoms with E-state index in [1.165, 1.54) is 0 Å². The van der Waals surface area contributed by atoms with E-state index in [1.807, 2.05) is 55.5 Å². The van der Waals surface area contributed by atoms with Crippen LogP contribution in [0.15, 0.2) is 48.5 Å². The first-order valence-electron chi connectivity index (χ1n) is 8.90. The zero-order chi connectivity index (χ0) is 18.4. The molecular weight excluding hydrogens is 328 g/mol. The highest BCUT2D eigenvalue weighted by molar-refractivity contribution is 5.99. The number of amides is 1. The van der Waals surface area contributed by atoms with Crippen molar-refractivity contribution in [2.45, 2.75) is 13.3 Å². The molecule has 1 aliphatic heterocycles. The molecule has 1 amide bonds. The predicted molar refractivity (Wildman–Crippen MR) is 102 cm³/mol. The third kappa shape index (κ3) is 4.92. The molecule has 0 bridgehead atoms. The van der Waals surface area contributed by atoms with Gasteiger partial charge < -0.3 is 15.0 Å². The third-order valence-corrected chi connectivity index (χ3v) is 4.50. The van der Waals surface area contributed by atoms with E-state index in [4.69, 9.17) is 4.74 Å². The maximum absolute atomic E-state index is 12.3. The lowest BCUT2D eigenvalue weighted by Gasteiger charge is -2.28. The predicted octanol–water partition coefficient (Wildman–Crippen LogP) is 2.37. The molecular formula is C21H24N2O3. The molecule has 5 nitrogen and oxygen atoms in total. The van der Waals surface area contributed by atoms with E-state index < -0.39 is 0 Å². The molecule has 0 aromatic heterocycles. The lowest BCUT2D eigenvalue weighted by atomic mass is 10.1. The molecule has 1 saturated heterocycles. The molecule has 0 aliphatic carbocycles. The molecule has 5 heteroatoms. The molecule has 0 saturated carbocycles. The number of ketones is 1. The summed E-state index contributed by atoms with van der Waals surface area (Å²) in [6.07, 6.45) is 0.281. The highest BCUT2D eigenvalue weighted by Gasteiger charge is 2.13. The van der Waals surface area contributed by atoms with Crippen molar-refractivity contribution in [3.8, 4) is 0 Å². The number of rotatable bonds is 6. The number of benzene rings is 2. The monoisotopic (exact) mass is 352 g/mol. The first-order chi connectivity index (χ1) is 12.6. The Labute approximate surface area is 154 Å². The molecule has 1 N–H and O–H groups in total. The van der Waals surface area contributed by atoms with Gasteiger partial charge in [-0.2, -0.15) is 0 Å². The summed E-state index contributed by atoms with van der Waals surface area (Å²) in [7, 11) is 0. The number of carbonyl (C=O) groups is 2. The first kappa shape index (κ1) is 18.1. The molecule has 2 aromatic rings. The average Bonchev–Trinajstić information content (AvgIpc) is 2.69. The van der Waals surface area contributed by atoms with Crippen molar-refractivity contribution < 1.29 is 14.3 Å². The normalized spacial score (nSPS) is 14.1. The molecule has 1 fully saturated rings. The number of nitrogens with one attached hydrogen (secondary N) is 1. The topological polar surface area (TPSA) is 58.6 Å². The number of morpholine rings is 1. The Bertz CT molecular complexity index is 748. The minimum Gasteiger partial charge on any atom is -0.378 e. The summed E-state index contributed by atoms with van der Waals surface area (Å²) in [5, 5.41) is 2.71. The summed E-state index contributed by atoms with van der Waals surface area (Å²) < 4.78 is 5.35. The van der Waals surface area contributed by atoms with Gasteiger partial charge in [0, 0.05) is 24.3 Å². The second-order valence-corrected chi connectivity index (χ2v) is 6.51. The molecule has 0 atom stereocenters. The van der Waals surface area contributed by atoms with Crippen molar-refractivity contribution in [1.29, 1.82) is 0 Å². The van der Waals surface area contributed by atoms with Crippen LogP contribution in [0.5, 0.6) is 0 Å². The fraction of sp³-hybridized carbons (Fsp3) is 0.333. The van der Waals surface area contributed by atoms with Gasteiger partial charge in [0.05, 0.1) is 26.2 Å². The molecule has 136 valence electrons. The van der Waals surface area contributed by atoms with Crippen LogP contribution < -0.4 is 10.2 Å². The summed E-state index contributed by atoms with van der Waals surface area (Å²) >= 11 is 0. The first-order valence-corrected chi connectivity index (χ1v) is 8.90. The zero-order valence-electron chi connectivity index (χ0n) is 15.0. The fourth-order valence-electron chi connectivity index (χ4n) is 2.91. The van der Waals surface area contributed by atoms with Gasteiger partial charge in [0.2, 0.25) is 5.91 Å². The van der Waals surface area contributed by atoms with E-state index >= 15 is 0 Å². The minimum atomic E-state index is -0.146. The molecule has 1 aliphatic rings. The van der Waals surface area contributed by atoms with E-state index in [0.717, 1.165) is 43.1 Å². The number of aryl methyl sites for hydroxylation is 1. The summed E-state index contributed by atoms with van der Waals surface area (Å²) in [5.74, 6) is -0.233. The van der Waals surface area contributed by atoms with E-state index in [0.29, 0.717) is 5.56 Å². The Balaban J connectivity index is 1.49. The Morgan fingerprint density at radius 2 is 1.65 bits per heavy atom. The smallest absolute Gasteiger partial charge is 0.224 e. The maximum Gasteiger partial charge on any atom is 0.224 e. The van der Waals surface area contributed by atoms with Crippen LogP contribution in [0.2, 0.25) is 0 Å². The zero-order valence-corrected chi connectivity index (χ0v) is 15.0. The Morgan fingerprint density at radius 3 is 2.31 bits per heavy atom. The van der Waals surface area contributed by atoms with Gasteiger partial charge in [0.15, 0.2) is 5.78 Å². The molecule has 3 rings (SSSR count). The highest BCUT2D eigenvalue weighted by Crippen LogP contribution is 2.16. The van der Waals surface area contributed by atoms with Crippen LogP contribution in [0.4, 0.5) is 5.69 Å². The standard InChI is InChI=1S/C21H24N2O3/c1-16-2-4-17(5-3-16)14-21(25)22-15-20(24)18-6-8-19(9-7-18)23-10-12-26-13-11-23/h2-9H,10-15H2,1H3,(H,22,25). The van der Waals surface area contributed by atoms with Crippen LogP contribution in [0.1, 0.15) is 21.5 Å². The van der Waals surface area contributed by atoms with Gasteiger partial charge in [0.1, 0.15) is 0 Å². The van der Waals surface area contributed by atoms with Crippen molar-refractivity contribution >= 4 is 17.4 Å². The number of carbonyl (C=O) groups excluding carboxylic acids is 2. The van der Waals surface area contributed by atoms with E-state index in [1.54, 1.807) is 0 Å². The van der Waals surface area contributed by atoms with Crippen molar-refractivity contribution in [3.63, 3.8) is 0 Å². The van der Waals surface area contributed by atoms with Crippen LogP contribution in [0, 0.1) is 6.92 Å². The van der Waals surface area contributed by atoms with Crippen LogP contribution in [-0.4, -0.2) is 44.5 Å². The van der Waals surface area contributed by atoms with Gasteiger partial charge in [-0.25, -0.2) is 0 Å². The number of anilines is 1. The van der Waals surface area contributed by atoms with E-state index in [9.17, 15) is 9.59 Å². The van der Waals surface area contributed by atoms with Crippen molar-refractivity contribution in [1.82, 2.24) is 5.32 Å². The van der Waals surface area contributed by atoms with Gasteiger partial charge >= 0.3 is 0 Å². The summed E-state index contributed by atoms with van der Waals surface area (Å²) in [5.41, 5.74) is 3.80. The maximum atomic E-state index is 12.3. The SMILES string of the molecule is Cc1ccc(CC(=O)NCC(=O)c2ccc(N3CCOCC3)cc2)cc1. The van der Waals surface area contributed by atoms with E-state index in [2.05, 4.69) is 10.2 Å². The molecule has 0 unspecified atom stereocenters. The van der Waals surface area contributed by atoms with Crippen molar-refractivity contribution in [2.24, 2.45) is 0 Å². The molecule has 26 heavy (non-hydrogen) atoms. The van der Waals surface area contributed by atoms with Crippen LogP contribution in [0.3, 0.4) is 0 Å². The molecule has 0 radical (unpaired) electrons. The molecule has 1 heterocycles. The minimum absolute atomic E-state index is 0.0155. The van der Waals surface area contributed by atoms with Crippen LogP contribution in [0.25, 0.3) is 0 Å².